The van der Waals surface area contributed by atoms with Crippen LogP contribution in [0.4, 0.5) is 5.82 Å². The molecule has 1 rings (SSSR count). The smallest absolute Gasteiger partial charge is 0.242 e. The number of sulfone groups is 1. The van der Waals surface area contributed by atoms with Crippen molar-refractivity contribution in [2.75, 3.05) is 17.3 Å². The monoisotopic (exact) mass is 272 g/mol. The lowest BCUT2D eigenvalue weighted by atomic mass is 10.2. The molecule has 0 spiro atoms. The van der Waals surface area contributed by atoms with Crippen LogP contribution in [0.3, 0.4) is 0 Å². The molecular formula is C10H16N4O3S. The lowest BCUT2D eigenvalue weighted by molar-refractivity contribution is -0.117. The van der Waals surface area contributed by atoms with Crippen molar-refractivity contribution >= 4 is 21.6 Å². The first kappa shape index (κ1) is 14.5. The van der Waals surface area contributed by atoms with E-state index in [0.29, 0.717) is 11.5 Å². The summed E-state index contributed by atoms with van der Waals surface area (Å²) in [6.45, 7) is 1.76. The third kappa shape index (κ3) is 5.19. The Morgan fingerprint density at radius 2 is 2.17 bits per heavy atom. The van der Waals surface area contributed by atoms with Gasteiger partial charge >= 0.3 is 0 Å². The van der Waals surface area contributed by atoms with Gasteiger partial charge in [0.1, 0.15) is 22.0 Å². The van der Waals surface area contributed by atoms with Crippen LogP contribution >= 0.6 is 0 Å². The lowest BCUT2D eigenvalue weighted by Crippen LogP contribution is -2.37. The van der Waals surface area contributed by atoms with E-state index in [1.807, 2.05) is 0 Å². The van der Waals surface area contributed by atoms with Crippen molar-refractivity contribution in [1.29, 1.82) is 0 Å². The van der Waals surface area contributed by atoms with E-state index in [1.165, 1.54) is 6.33 Å². The first-order chi connectivity index (χ1) is 8.28. The van der Waals surface area contributed by atoms with E-state index in [0.717, 1.165) is 6.26 Å². The second-order valence-electron chi connectivity index (χ2n) is 4.06. The molecule has 0 aliphatic carbocycles. The normalized spacial score (nSPS) is 13.1. The average molecular weight is 272 g/mol. The number of nitrogens with two attached hydrogens (primary N) is 1. The van der Waals surface area contributed by atoms with Crippen molar-refractivity contribution in [3.8, 4) is 0 Å². The Balaban J connectivity index is 2.55. The van der Waals surface area contributed by atoms with E-state index in [-0.39, 0.29) is 12.2 Å². The molecule has 100 valence electrons. The number of carbonyl (C=O) groups excluding carboxylic acids is 1. The average Bonchev–Trinajstić information content (AvgIpc) is 2.24. The highest BCUT2D eigenvalue weighted by molar-refractivity contribution is 7.90. The second-order valence-corrected chi connectivity index (χ2v) is 6.32. The number of hydrogen-bond acceptors (Lipinski definition) is 6. The molecule has 1 aromatic rings. The summed E-state index contributed by atoms with van der Waals surface area (Å²) < 4.78 is 21.9. The van der Waals surface area contributed by atoms with Gasteiger partial charge in [0.25, 0.3) is 0 Å². The van der Waals surface area contributed by atoms with Gasteiger partial charge in [-0.05, 0) is 13.3 Å². The molecule has 0 aliphatic rings. The van der Waals surface area contributed by atoms with Gasteiger partial charge < -0.3 is 11.1 Å². The third-order valence-corrected chi connectivity index (χ3v) is 3.17. The lowest BCUT2D eigenvalue weighted by Gasteiger charge is -2.11. The molecule has 8 heteroatoms. The van der Waals surface area contributed by atoms with Gasteiger partial charge in [0, 0.05) is 18.0 Å². The van der Waals surface area contributed by atoms with Gasteiger partial charge in [-0.25, -0.2) is 18.4 Å². The van der Waals surface area contributed by atoms with E-state index < -0.39 is 21.8 Å². The van der Waals surface area contributed by atoms with E-state index in [9.17, 15) is 13.2 Å². The minimum atomic E-state index is -3.12. The molecule has 0 bridgehead atoms. The predicted octanol–water partition coefficient (Wildman–Crippen LogP) is -0.514. The second kappa shape index (κ2) is 5.87. The maximum atomic E-state index is 11.6. The van der Waals surface area contributed by atoms with Gasteiger partial charge in [0.15, 0.2) is 0 Å². The van der Waals surface area contributed by atoms with Crippen molar-refractivity contribution in [3.05, 3.63) is 18.1 Å². The predicted molar refractivity (Wildman–Crippen MR) is 67.7 cm³/mol. The van der Waals surface area contributed by atoms with Gasteiger partial charge in [-0.1, -0.05) is 0 Å². The van der Waals surface area contributed by atoms with Gasteiger partial charge in [0.2, 0.25) is 5.91 Å². The number of aromatic nitrogens is 2. The highest BCUT2D eigenvalue weighted by Crippen LogP contribution is 2.04. The summed E-state index contributed by atoms with van der Waals surface area (Å²) in [6, 6.07) is 0.719. The molecule has 7 nitrogen and oxygen atoms in total. The van der Waals surface area contributed by atoms with E-state index >= 15 is 0 Å². The topological polar surface area (TPSA) is 115 Å². The molecule has 0 saturated carbocycles. The van der Waals surface area contributed by atoms with Crippen LogP contribution < -0.4 is 11.1 Å². The molecule has 0 unspecified atom stereocenters. The molecule has 1 aromatic heterocycles. The van der Waals surface area contributed by atoms with Crippen molar-refractivity contribution in [3.63, 3.8) is 0 Å². The number of amides is 1. The molecule has 0 radical (unpaired) electrons. The maximum absolute atomic E-state index is 11.6. The van der Waals surface area contributed by atoms with Crippen LogP contribution in [0, 0.1) is 6.92 Å². The van der Waals surface area contributed by atoms with E-state index in [2.05, 4.69) is 15.3 Å². The molecule has 0 aromatic carbocycles. The van der Waals surface area contributed by atoms with Crippen LogP contribution in [0.25, 0.3) is 0 Å². The minimum absolute atomic E-state index is 0.0781. The van der Waals surface area contributed by atoms with E-state index in [1.54, 1.807) is 13.0 Å². The first-order valence-electron chi connectivity index (χ1n) is 5.31. The highest BCUT2D eigenvalue weighted by atomic mass is 32.2. The Labute approximate surface area is 106 Å². The minimum Gasteiger partial charge on any atom is -0.320 e. The SMILES string of the molecule is Cc1cc(NC(=O)[C@@H](N)CCS(C)(=O)=O)ncn1. The maximum Gasteiger partial charge on any atom is 0.242 e. The molecular weight excluding hydrogens is 256 g/mol. The number of aryl methyl sites for hydroxylation is 1. The van der Waals surface area contributed by atoms with Crippen LogP contribution in [-0.2, 0) is 14.6 Å². The Morgan fingerprint density at radius 3 is 2.72 bits per heavy atom. The third-order valence-electron chi connectivity index (χ3n) is 2.19. The molecule has 0 fully saturated rings. The van der Waals surface area contributed by atoms with Gasteiger partial charge in [-0.2, -0.15) is 0 Å². The molecule has 0 saturated heterocycles. The van der Waals surface area contributed by atoms with Crippen molar-refractivity contribution in [2.24, 2.45) is 5.73 Å². The van der Waals surface area contributed by atoms with Crippen molar-refractivity contribution in [2.45, 2.75) is 19.4 Å². The van der Waals surface area contributed by atoms with Crippen LogP contribution in [-0.4, -0.2) is 42.3 Å². The van der Waals surface area contributed by atoms with Gasteiger partial charge in [0.05, 0.1) is 11.8 Å². The largest absolute Gasteiger partial charge is 0.320 e. The molecule has 18 heavy (non-hydrogen) atoms. The molecule has 1 heterocycles. The number of nitrogens with one attached hydrogen (secondary N) is 1. The number of nitrogens with zero attached hydrogens (tertiary/aromatic N) is 2. The molecule has 0 aliphatic heterocycles. The van der Waals surface area contributed by atoms with Crippen LogP contribution in [0.5, 0.6) is 0 Å². The Kier molecular flexibility index (Phi) is 4.74. The number of carbonyl (C=O) groups is 1. The van der Waals surface area contributed by atoms with Crippen molar-refractivity contribution in [1.82, 2.24) is 9.97 Å². The van der Waals surface area contributed by atoms with E-state index in [4.69, 9.17) is 5.73 Å². The quantitative estimate of drug-likeness (QED) is 0.745. The van der Waals surface area contributed by atoms with Crippen LogP contribution in [0.15, 0.2) is 12.4 Å². The summed E-state index contributed by atoms with van der Waals surface area (Å²) in [5.74, 6) is -0.233. The molecule has 3 N–H and O–H groups in total. The fourth-order valence-electron chi connectivity index (χ4n) is 1.21. The summed E-state index contributed by atoms with van der Waals surface area (Å²) >= 11 is 0. The summed E-state index contributed by atoms with van der Waals surface area (Å²) in [4.78, 5) is 19.4. The summed E-state index contributed by atoms with van der Waals surface area (Å²) in [7, 11) is -3.12. The molecule has 1 atom stereocenters. The number of rotatable bonds is 5. The zero-order valence-electron chi connectivity index (χ0n) is 10.3. The first-order valence-corrected chi connectivity index (χ1v) is 7.37. The zero-order chi connectivity index (χ0) is 13.8. The molecule has 1 amide bonds. The Hall–Kier alpha value is -1.54. The fraction of sp³-hybridized carbons (Fsp3) is 0.500. The van der Waals surface area contributed by atoms with Gasteiger partial charge in [-0.3, -0.25) is 4.79 Å². The Bertz CT molecular complexity index is 530. The zero-order valence-corrected chi connectivity index (χ0v) is 11.1. The summed E-state index contributed by atoms with van der Waals surface area (Å²) in [5.41, 5.74) is 6.30. The van der Waals surface area contributed by atoms with Gasteiger partial charge in [-0.15, -0.1) is 0 Å². The number of anilines is 1. The standard InChI is InChI=1S/C10H16N4O3S/c1-7-5-9(13-6-12-7)14-10(15)8(11)3-4-18(2,16)17/h5-6,8H,3-4,11H2,1-2H3,(H,12,13,14,15)/t8-/m0/s1. The highest BCUT2D eigenvalue weighted by Gasteiger charge is 2.16. The van der Waals surface area contributed by atoms with Crippen molar-refractivity contribution < 1.29 is 13.2 Å². The summed E-state index contributed by atoms with van der Waals surface area (Å²) in [6.07, 6.45) is 2.51. The van der Waals surface area contributed by atoms with Crippen LogP contribution in [0.2, 0.25) is 0 Å². The summed E-state index contributed by atoms with van der Waals surface area (Å²) in [5, 5.41) is 2.51. The fourth-order valence-corrected chi connectivity index (χ4v) is 1.90. The Morgan fingerprint density at radius 1 is 1.50 bits per heavy atom. The van der Waals surface area contributed by atoms with Crippen LogP contribution in [0.1, 0.15) is 12.1 Å². The number of hydrogen-bond donors (Lipinski definition) is 2.